The van der Waals surface area contributed by atoms with Crippen molar-refractivity contribution in [2.24, 2.45) is 0 Å². The summed E-state index contributed by atoms with van der Waals surface area (Å²) in [6.45, 7) is 0. The monoisotopic (exact) mass is 306 g/mol. The number of rotatable bonds is 3. The van der Waals surface area contributed by atoms with Crippen LogP contribution in [0.2, 0.25) is 5.15 Å². The second-order valence-electron chi connectivity index (χ2n) is 3.92. The van der Waals surface area contributed by atoms with Crippen molar-refractivity contribution in [2.45, 2.75) is 0 Å². The summed E-state index contributed by atoms with van der Waals surface area (Å²) in [7, 11) is 0. The van der Waals surface area contributed by atoms with E-state index in [1.165, 1.54) is 17.4 Å². The summed E-state index contributed by atoms with van der Waals surface area (Å²) in [5, 5.41) is 14.6. The highest BCUT2D eigenvalue weighted by Crippen LogP contribution is 2.36. The summed E-state index contributed by atoms with van der Waals surface area (Å²) in [4.78, 5) is 14.6. The number of nitro groups is 1. The van der Waals surface area contributed by atoms with Crippen molar-refractivity contribution < 1.29 is 9.66 Å². The van der Waals surface area contributed by atoms with Gasteiger partial charge < -0.3 is 4.74 Å². The molecule has 0 aliphatic carbocycles. The summed E-state index contributed by atoms with van der Waals surface area (Å²) in [6, 6.07) is 10.00. The maximum absolute atomic E-state index is 11.0. The SMILES string of the molecule is O=[N+]([O-])c1ccc(Oc2nc(Cl)cs2)c2ccccc12. The van der Waals surface area contributed by atoms with Crippen LogP contribution in [0.5, 0.6) is 10.9 Å². The van der Waals surface area contributed by atoms with Crippen molar-refractivity contribution in [1.82, 2.24) is 4.98 Å². The van der Waals surface area contributed by atoms with Crippen LogP contribution < -0.4 is 4.74 Å². The van der Waals surface area contributed by atoms with Gasteiger partial charge in [-0.3, -0.25) is 10.1 Å². The van der Waals surface area contributed by atoms with Crippen LogP contribution in [0.4, 0.5) is 5.69 Å². The van der Waals surface area contributed by atoms with E-state index in [0.717, 1.165) is 0 Å². The van der Waals surface area contributed by atoms with Crippen molar-refractivity contribution in [3.8, 4) is 10.9 Å². The number of hydrogen-bond donors (Lipinski definition) is 0. The molecule has 1 heterocycles. The average Bonchev–Trinajstić information content (AvgIpc) is 2.84. The number of nitro benzene ring substituents is 1. The van der Waals surface area contributed by atoms with Crippen molar-refractivity contribution in [3.63, 3.8) is 0 Å². The standard InChI is InChI=1S/C13H7ClN2O3S/c14-12-7-20-13(15-12)19-11-6-5-10(16(17)18)8-3-1-2-4-9(8)11/h1-7H. The summed E-state index contributed by atoms with van der Waals surface area (Å²) in [5.41, 5.74) is 0.0464. The van der Waals surface area contributed by atoms with E-state index in [0.29, 0.717) is 26.9 Å². The number of non-ortho nitro benzene ring substituents is 1. The summed E-state index contributed by atoms with van der Waals surface area (Å²) < 4.78 is 5.65. The molecule has 0 unspecified atom stereocenters. The highest BCUT2D eigenvalue weighted by molar-refractivity contribution is 7.11. The summed E-state index contributed by atoms with van der Waals surface area (Å²) >= 11 is 7.01. The van der Waals surface area contributed by atoms with E-state index in [-0.39, 0.29) is 5.69 Å². The Balaban J connectivity index is 2.12. The Kier molecular flexibility index (Phi) is 3.25. The minimum absolute atomic E-state index is 0.0464. The number of thiazole rings is 1. The smallest absolute Gasteiger partial charge is 0.280 e. The van der Waals surface area contributed by atoms with Crippen LogP contribution >= 0.6 is 22.9 Å². The zero-order valence-electron chi connectivity index (χ0n) is 9.95. The van der Waals surface area contributed by atoms with Gasteiger partial charge in [-0.05, 0) is 12.1 Å². The summed E-state index contributed by atoms with van der Waals surface area (Å²) in [6.07, 6.45) is 0. The normalized spacial score (nSPS) is 10.7. The molecule has 0 fully saturated rings. The predicted molar refractivity (Wildman–Crippen MR) is 77.8 cm³/mol. The molecule has 20 heavy (non-hydrogen) atoms. The lowest BCUT2D eigenvalue weighted by Crippen LogP contribution is -1.91. The molecule has 3 aromatic rings. The quantitative estimate of drug-likeness (QED) is 0.522. The minimum atomic E-state index is -0.410. The molecule has 1 aromatic heterocycles. The van der Waals surface area contributed by atoms with Gasteiger partial charge >= 0.3 is 0 Å². The van der Waals surface area contributed by atoms with E-state index in [2.05, 4.69) is 4.98 Å². The molecular formula is C13H7ClN2O3S. The van der Waals surface area contributed by atoms with Gasteiger partial charge in [-0.2, -0.15) is 4.98 Å². The van der Waals surface area contributed by atoms with Crippen LogP contribution in [0, 0.1) is 10.1 Å². The number of nitrogens with zero attached hydrogens (tertiary/aromatic N) is 2. The summed E-state index contributed by atoms with van der Waals surface area (Å²) in [5.74, 6) is 0.511. The van der Waals surface area contributed by atoms with Gasteiger partial charge in [-0.15, -0.1) is 0 Å². The number of halogens is 1. The zero-order valence-corrected chi connectivity index (χ0v) is 11.5. The second-order valence-corrected chi connectivity index (χ2v) is 5.13. The first-order chi connectivity index (χ1) is 9.65. The lowest BCUT2D eigenvalue weighted by molar-refractivity contribution is -0.383. The van der Waals surface area contributed by atoms with E-state index < -0.39 is 4.92 Å². The van der Waals surface area contributed by atoms with Gasteiger partial charge in [0.1, 0.15) is 10.9 Å². The fourth-order valence-electron chi connectivity index (χ4n) is 1.88. The Morgan fingerprint density at radius 1 is 1.20 bits per heavy atom. The number of aromatic nitrogens is 1. The first-order valence-electron chi connectivity index (χ1n) is 5.60. The lowest BCUT2D eigenvalue weighted by Gasteiger charge is -2.06. The molecule has 3 rings (SSSR count). The van der Waals surface area contributed by atoms with Crippen molar-refractivity contribution >= 4 is 39.4 Å². The zero-order chi connectivity index (χ0) is 14.1. The van der Waals surface area contributed by atoms with Crippen LogP contribution in [0.25, 0.3) is 10.8 Å². The molecule has 100 valence electrons. The van der Waals surface area contributed by atoms with E-state index in [9.17, 15) is 10.1 Å². The molecule has 0 amide bonds. The topological polar surface area (TPSA) is 65.3 Å². The van der Waals surface area contributed by atoms with Crippen LogP contribution in [0.15, 0.2) is 41.8 Å². The Bertz CT molecular complexity index is 803. The third kappa shape index (κ3) is 2.31. The Morgan fingerprint density at radius 3 is 2.60 bits per heavy atom. The highest BCUT2D eigenvalue weighted by Gasteiger charge is 2.15. The van der Waals surface area contributed by atoms with Gasteiger partial charge in [-0.1, -0.05) is 41.1 Å². The maximum Gasteiger partial charge on any atom is 0.280 e. The third-order valence-corrected chi connectivity index (χ3v) is 3.75. The Hall–Kier alpha value is -2.18. The van der Waals surface area contributed by atoms with E-state index in [1.54, 1.807) is 35.7 Å². The van der Waals surface area contributed by atoms with Crippen LogP contribution in [-0.2, 0) is 0 Å². The number of hydrogen-bond acceptors (Lipinski definition) is 5. The van der Waals surface area contributed by atoms with Gasteiger partial charge in [0.05, 0.1) is 10.3 Å². The molecule has 0 aliphatic rings. The first kappa shape index (κ1) is 12.8. The molecule has 0 bridgehead atoms. The van der Waals surface area contributed by atoms with Gasteiger partial charge in [0.15, 0.2) is 0 Å². The predicted octanol–water partition coefficient (Wildman–Crippen LogP) is 4.65. The molecule has 0 saturated heterocycles. The first-order valence-corrected chi connectivity index (χ1v) is 6.86. The van der Waals surface area contributed by atoms with Crippen LogP contribution in [-0.4, -0.2) is 9.91 Å². The van der Waals surface area contributed by atoms with E-state index in [4.69, 9.17) is 16.3 Å². The Labute approximate surface area is 122 Å². The number of benzene rings is 2. The fraction of sp³-hybridized carbons (Fsp3) is 0. The van der Waals surface area contributed by atoms with Crippen molar-refractivity contribution in [1.29, 1.82) is 0 Å². The van der Waals surface area contributed by atoms with Gasteiger partial charge in [0.2, 0.25) is 0 Å². The lowest BCUT2D eigenvalue weighted by atomic mass is 10.1. The molecule has 7 heteroatoms. The van der Waals surface area contributed by atoms with Gasteiger partial charge in [0, 0.05) is 16.8 Å². The van der Waals surface area contributed by atoms with Gasteiger partial charge in [-0.25, -0.2) is 0 Å². The van der Waals surface area contributed by atoms with E-state index >= 15 is 0 Å². The van der Waals surface area contributed by atoms with E-state index in [1.807, 2.05) is 0 Å². The molecule has 0 spiro atoms. The van der Waals surface area contributed by atoms with Crippen molar-refractivity contribution in [3.05, 3.63) is 57.0 Å². The highest BCUT2D eigenvalue weighted by atomic mass is 35.5. The molecule has 5 nitrogen and oxygen atoms in total. The molecule has 0 aliphatic heterocycles. The molecule has 0 N–H and O–H groups in total. The fourth-order valence-corrected chi connectivity index (χ4v) is 2.68. The molecule has 0 atom stereocenters. The largest absolute Gasteiger partial charge is 0.430 e. The number of fused-ring (bicyclic) bond motifs is 1. The molecule has 0 saturated carbocycles. The molecular weight excluding hydrogens is 300 g/mol. The molecule has 0 radical (unpaired) electrons. The third-order valence-electron chi connectivity index (χ3n) is 2.71. The second kappa shape index (κ2) is 5.07. The number of ether oxygens (including phenoxy) is 1. The average molecular weight is 307 g/mol. The molecule has 2 aromatic carbocycles. The van der Waals surface area contributed by atoms with Crippen LogP contribution in [0.1, 0.15) is 0 Å². The van der Waals surface area contributed by atoms with Crippen LogP contribution in [0.3, 0.4) is 0 Å². The Morgan fingerprint density at radius 2 is 1.95 bits per heavy atom. The maximum atomic E-state index is 11.0. The van der Waals surface area contributed by atoms with Crippen molar-refractivity contribution in [2.75, 3.05) is 0 Å². The van der Waals surface area contributed by atoms with Gasteiger partial charge in [0.25, 0.3) is 10.9 Å². The minimum Gasteiger partial charge on any atom is -0.430 e.